The van der Waals surface area contributed by atoms with Crippen LogP contribution in [0.25, 0.3) is 0 Å². The Morgan fingerprint density at radius 3 is 2.32 bits per heavy atom. The molecule has 0 aliphatic rings. The Labute approximate surface area is 129 Å². The number of carbonyl (C=O) groups is 1. The van der Waals surface area contributed by atoms with Crippen molar-refractivity contribution in [2.24, 2.45) is 0 Å². The molecule has 0 saturated heterocycles. The maximum absolute atomic E-state index is 12.9. The van der Waals surface area contributed by atoms with Gasteiger partial charge in [0.2, 0.25) is 15.9 Å². The van der Waals surface area contributed by atoms with Crippen molar-refractivity contribution in [2.45, 2.75) is 43.7 Å². The van der Waals surface area contributed by atoms with Gasteiger partial charge in [-0.25, -0.2) is 12.8 Å². The highest BCUT2D eigenvalue weighted by Crippen LogP contribution is 2.11. The van der Waals surface area contributed by atoms with Crippen LogP contribution in [0.4, 0.5) is 4.39 Å². The molecule has 3 N–H and O–H groups in total. The first kappa shape index (κ1) is 18.5. The van der Waals surface area contributed by atoms with Gasteiger partial charge in [0.05, 0.1) is 17.0 Å². The number of nitrogens with one attached hydrogen (secondary N) is 2. The van der Waals surface area contributed by atoms with E-state index in [-0.39, 0.29) is 17.9 Å². The lowest BCUT2D eigenvalue weighted by Gasteiger charge is -2.26. The number of rotatable bonds is 7. The fourth-order valence-electron chi connectivity index (χ4n) is 1.65. The monoisotopic (exact) mass is 332 g/mol. The third kappa shape index (κ3) is 5.04. The molecule has 0 heterocycles. The predicted octanol–water partition coefficient (Wildman–Crippen LogP) is 0.770. The average molecular weight is 332 g/mol. The van der Waals surface area contributed by atoms with E-state index < -0.39 is 33.3 Å². The molecule has 6 nitrogen and oxygen atoms in total. The Hall–Kier alpha value is -1.51. The smallest absolute Gasteiger partial charge is 0.241 e. The standard InChI is InChI=1S/C14H21FN2O4S/c1-4-12(13(19)16-14(2,3)9-18)17-22(20,21)11-7-5-10(15)6-8-11/h5-8,12,17-18H,4,9H2,1-3H3,(H,16,19). The van der Waals surface area contributed by atoms with Crippen molar-refractivity contribution in [3.05, 3.63) is 30.1 Å². The van der Waals surface area contributed by atoms with E-state index in [2.05, 4.69) is 10.0 Å². The van der Waals surface area contributed by atoms with Crippen LogP contribution in [0.3, 0.4) is 0 Å². The number of sulfonamides is 1. The van der Waals surface area contributed by atoms with Crippen LogP contribution >= 0.6 is 0 Å². The van der Waals surface area contributed by atoms with Gasteiger partial charge in [-0.05, 0) is 44.5 Å². The van der Waals surface area contributed by atoms with Gasteiger partial charge in [0, 0.05) is 0 Å². The van der Waals surface area contributed by atoms with Gasteiger partial charge in [-0.3, -0.25) is 4.79 Å². The highest BCUT2D eigenvalue weighted by atomic mass is 32.2. The molecule has 22 heavy (non-hydrogen) atoms. The quantitative estimate of drug-likeness (QED) is 0.687. The van der Waals surface area contributed by atoms with Gasteiger partial charge in [0.25, 0.3) is 0 Å². The second kappa shape index (κ2) is 7.17. The van der Waals surface area contributed by atoms with Crippen molar-refractivity contribution in [1.29, 1.82) is 0 Å². The topological polar surface area (TPSA) is 95.5 Å². The molecule has 0 aliphatic carbocycles. The summed E-state index contributed by atoms with van der Waals surface area (Å²) in [4.78, 5) is 12.0. The minimum absolute atomic E-state index is 0.124. The van der Waals surface area contributed by atoms with Crippen LogP contribution in [-0.2, 0) is 14.8 Å². The lowest BCUT2D eigenvalue weighted by molar-refractivity contribution is -0.124. The van der Waals surface area contributed by atoms with Gasteiger partial charge in [0.15, 0.2) is 0 Å². The molecule has 8 heteroatoms. The van der Waals surface area contributed by atoms with Crippen molar-refractivity contribution >= 4 is 15.9 Å². The Balaban J connectivity index is 2.89. The molecular formula is C14H21FN2O4S. The highest BCUT2D eigenvalue weighted by Gasteiger charge is 2.28. The lowest BCUT2D eigenvalue weighted by Crippen LogP contribution is -2.54. The Morgan fingerprint density at radius 2 is 1.86 bits per heavy atom. The normalized spacial score (nSPS) is 13.7. The third-order valence-corrected chi connectivity index (χ3v) is 4.49. The number of carbonyl (C=O) groups excluding carboxylic acids is 1. The van der Waals surface area contributed by atoms with Crippen LogP contribution in [0.1, 0.15) is 27.2 Å². The molecule has 0 spiro atoms. The summed E-state index contributed by atoms with van der Waals surface area (Å²) in [7, 11) is -3.94. The fraction of sp³-hybridized carbons (Fsp3) is 0.500. The van der Waals surface area contributed by atoms with Gasteiger partial charge < -0.3 is 10.4 Å². The first-order valence-electron chi connectivity index (χ1n) is 6.82. The maximum atomic E-state index is 12.9. The van der Waals surface area contributed by atoms with E-state index in [9.17, 15) is 17.6 Å². The molecular weight excluding hydrogens is 311 g/mol. The van der Waals surface area contributed by atoms with Crippen LogP contribution in [-0.4, -0.2) is 37.6 Å². The van der Waals surface area contributed by atoms with Crippen molar-refractivity contribution in [3.63, 3.8) is 0 Å². The van der Waals surface area contributed by atoms with E-state index in [1.54, 1.807) is 20.8 Å². The van der Waals surface area contributed by atoms with E-state index in [1.165, 1.54) is 0 Å². The predicted molar refractivity (Wildman–Crippen MR) is 80.1 cm³/mol. The number of amides is 1. The van der Waals surface area contributed by atoms with E-state index >= 15 is 0 Å². The van der Waals surface area contributed by atoms with Gasteiger partial charge in [-0.15, -0.1) is 0 Å². The van der Waals surface area contributed by atoms with E-state index in [1.807, 2.05) is 0 Å². The van der Waals surface area contributed by atoms with Gasteiger partial charge in [-0.1, -0.05) is 6.92 Å². The largest absolute Gasteiger partial charge is 0.394 e. The SMILES string of the molecule is CCC(NS(=O)(=O)c1ccc(F)cc1)C(=O)NC(C)(C)CO. The van der Waals surface area contributed by atoms with E-state index in [4.69, 9.17) is 5.11 Å². The summed E-state index contributed by atoms with van der Waals surface area (Å²) in [5.41, 5.74) is -0.855. The van der Waals surface area contributed by atoms with Gasteiger partial charge in [-0.2, -0.15) is 4.72 Å². The van der Waals surface area contributed by atoms with Gasteiger partial charge >= 0.3 is 0 Å². The number of hydrogen-bond donors (Lipinski definition) is 3. The van der Waals surface area contributed by atoms with Crippen molar-refractivity contribution in [3.8, 4) is 0 Å². The Morgan fingerprint density at radius 1 is 1.32 bits per heavy atom. The number of hydrogen-bond acceptors (Lipinski definition) is 4. The van der Waals surface area contributed by atoms with Crippen LogP contribution in [0.2, 0.25) is 0 Å². The minimum Gasteiger partial charge on any atom is -0.394 e. The Bertz CT molecular complexity index is 614. The molecule has 0 saturated carbocycles. The second-order valence-electron chi connectivity index (χ2n) is 5.57. The molecule has 1 aromatic rings. The molecule has 1 aromatic carbocycles. The number of halogens is 1. The summed E-state index contributed by atoms with van der Waals surface area (Å²) < 4.78 is 39.5. The fourth-order valence-corrected chi connectivity index (χ4v) is 2.93. The Kier molecular flexibility index (Phi) is 6.04. The minimum atomic E-state index is -3.94. The van der Waals surface area contributed by atoms with Crippen LogP contribution in [0.15, 0.2) is 29.2 Å². The van der Waals surface area contributed by atoms with Crippen LogP contribution < -0.4 is 10.0 Å². The molecule has 1 atom stereocenters. The zero-order valence-electron chi connectivity index (χ0n) is 12.8. The molecule has 1 amide bonds. The van der Waals surface area contributed by atoms with Crippen LogP contribution in [0.5, 0.6) is 0 Å². The summed E-state index contributed by atoms with van der Waals surface area (Å²) in [6.07, 6.45) is 0.230. The summed E-state index contributed by atoms with van der Waals surface area (Å²) in [5.74, 6) is -1.08. The molecule has 0 aromatic heterocycles. The summed E-state index contributed by atoms with van der Waals surface area (Å²) in [5, 5.41) is 11.7. The zero-order valence-corrected chi connectivity index (χ0v) is 13.6. The first-order valence-corrected chi connectivity index (χ1v) is 8.30. The molecule has 124 valence electrons. The highest BCUT2D eigenvalue weighted by molar-refractivity contribution is 7.89. The van der Waals surface area contributed by atoms with E-state index in [0.29, 0.717) is 0 Å². The van der Waals surface area contributed by atoms with Crippen molar-refractivity contribution in [1.82, 2.24) is 10.0 Å². The summed E-state index contributed by atoms with van der Waals surface area (Å²) >= 11 is 0. The summed E-state index contributed by atoms with van der Waals surface area (Å²) in [6.45, 7) is 4.61. The molecule has 1 rings (SSSR count). The maximum Gasteiger partial charge on any atom is 0.241 e. The second-order valence-corrected chi connectivity index (χ2v) is 7.28. The molecule has 0 radical (unpaired) electrons. The van der Waals surface area contributed by atoms with Crippen LogP contribution in [0, 0.1) is 5.82 Å². The number of aliphatic hydroxyl groups is 1. The molecule has 0 bridgehead atoms. The molecule has 0 aliphatic heterocycles. The van der Waals surface area contributed by atoms with Crippen molar-refractivity contribution < 1.29 is 22.7 Å². The zero-order chi connectivity index (χ0) is 17.0. The molecule has 0 fully saturated rings. The first-order chi connectivity index (χ1) is 10.1. The average Bonchev–Trinajstić information content (AvgIpc) is 2.44. The third-order valence-electron chi connectivity index (χ3n) is 3.00. The molecule has 1 unspecified atom stereocenters. The van der Waals surface area contributed by atoms with E-state index in [0.717, 1.165) is 24.3 Å². The summed E-state index contributed by atoms with van der Waals surface area (Å²) in [6, 6.07) is 3.33. The number of benzene rings is 1. The van der Waals surface area contributed by atoms with Gasteiger partial charge in [0.1, 0.15) is 11.9 Å². The lowest BCUT2D eigenvalue weighted by atomic mass is 10.1. The van der Waals surface area contributed by atoms with Crippen molar-refractivity contribution in [2.75, 3.05) is 6.61 Å². The number of aliphatic hydroxyl groups excluding tert-OH is 1.